The first-order valence-corrected chi connectivity index (χ1v) is 10.0. The molecule has 7 nitrogen and oxygen atoms in total. The van der Waals surface area contributed by atoms with Gasteiger partial charge in [-0.15, -0.1) is 0 Å². The molecule has 0 atom stereocenters. The Morgan fingerprint density at radius 1 is 0.967 bits per heavy atom. The van der Waals surface area contributed by atoms with Gasteiger partial charge in [0.2, 0.25) is 0 Å². The first-order valence-electron chi connectivity index (χ1n) is 10.0. The number of nitrogens with one attached hydrogen (secondary N) is 2. The Morgan fingerprint density at radius 2 is 1.67 bits per heavy atom. The molecule has 0 radical (unpaired) electrons. The van der Waals surface area contributed by atoms with Crippen LogP contribution in [0.25, 0.3) is 5.69 Å². The zero-order valence-corrected chi connectivity index (χ0v) is 16.8. The zero-order valence-electron chi connectivity index (χ0n) is 16.8. The van der Waals surface area contributed by atoms with Crippen LogP contribution in [-0.4, -0.2) is 34.7 Å². The molecule has 3 aromatic rings. The number of amides is 2. The van der Waals surface area contributed by atoms with Crippen LogP contribution in [0.15, 0.2) is 60.8 Å². The number of ether oxygens (including phenoxy) is 1. The van der Waals surface area contributed by atoms with E-state index in [9.17, 15) is 9.59 Å². The van der Waals surface area contributed by atoms with Crippen molar-refractivity contribution >= 4 is 17.5 Å². The van der Waals surface area contributed by atoms with Crippen molar-refractivity contribution in [3.05, 3.63) is 72.1 Å². The molecule has 30 heavy (non-hydrogen) atoms. The van der Waals surface area contributed by atoms with Gasteiger partial charge in [-0.05, 0) is 67.4 Å². The summed E-state index contributed by atoms with van der Waals surface area (Å²) >= 11 is 0. The highest BCUT2D eigenvalue weighted by atomic mass is 16.5. The van der Waals surface area contributed by atoms with E-state index in [4.69, 9.17) is 4.74 Å². The van der Waals surface area contributed by atoms with Gasteiger partial charge in [-0.25, -0.2) is 4.68 Å². The van der Waals surface area contributed by atoms with Crippen molar-refractivity contribution < 1.29 is 14.3 Å². The van der Waals surface area contributed by atoms with Crippen molar-refractivity contribution in [2.45, 2.75) is 31.7 Å². The third kappa shape index (κ3) is 4.51. The highest BCUT2D eigenvalue weighted by molar-refractivity contribution is 6.03. The zero-order chi connectivity index (χ0) is 20.9. The molecule has 1 aliphatic rings. The molecule has 4 rings (SSSR count). The lowest BCUT2D eigenvalue weighted by atomic mass is 10.1. The van der Waals surface area contributed by atoms with Crippen molar-refractivity contribution in [1.82, 2.24) is 15.1 Å². The fourth-order valence-electron chi connectivity index (χ4n) is 3.56. The number of hydrogen-bond donors (Lipinski definition) is 2. The van der Waals surface area contributed by atoms with Crippen LogP contribution in [0, 0.1) is 0 Å². The summed E-state index contributed by atoms with van der Waals surface area (Å²) in [5.74, 6) is 0.368. The smallest absolute Gasteiger partial charge is 0.276 e. The topological polar surface area (TPSA) is 85.2 Å². The Morgan fingerprint density at radius 3 is 2.33 bits per heavy atom. The van der Waals surface area contributed by atoms with Gasteiger partial charge >= 0.3 is 0 Å². The molecule has 0 bridgehead atoms. The molecule has 2 amide bonds. The van der Waals surface area contributed by atoms with Gasteiger partial charge in [-0.1, -0.05) is 12.8 Å². The predicted octanol–water partition coefficient (Wildman–Crippen LogP) is 3.81. The number of nitrogens with zero attached hydrogens (tertiary/aromatic N) is 2. The second kappa shape index (κ2) is 8.82. The molecule has 1 aromatic heterocycles. The molecule has 1 aliphatic carbocycles. The van der Waals surface area contributed by atoms with E-state index >= 15 is 0 Å². The van der Waals surface area contributed by atoms with Crippen molar-refractivity contribution in [3.63, 3.8) is 0 Å². The third-order valence-electron chi connectivity index (χ3n) is 5.25. The summed E-state index contributed by atoms with van der Waals surface area (Å²) in [4.78, 5) is 24.8. The lowest BCUT2D eigenvalue weighted by molar-refractivity contribution is 0.0937. The van der Waals surface area contributed by atoms with Gasteiger partial charge in [0, 0.05) is 23.5 Å². The lowest BCUT2D eigenvalue weighted by Crippen LogP contribution is -2.32. The molecule has 2 aromatic carbocycles. The second-order valence-corrected chi connectivity index (χ2v) is 7.33. The van der Waals surface area contributed by atoms with Gasteiger partial charge in [0.05, 0.1) is 12.8 Å². The van der Waals surface area contributed by atoms with Crippen LogP contribution in [0.1, 0.15) is 46.5 Å². The van der Waals surface area contributed by atoms with Gasteiger partial charge in [-0.2, -0.15) is 5.10 Å². The Balaban J connectivity index is 1.37. The molecule has 1 saturated carbocycles. The number of carbonyl (C=O) groups is 2. The van der Waals surface area contributed by atoms with Crippen LogP contribution in [0.4, 0.5) is 5.69 Å². The third-order valence-corrected chi connectivity index (χ3v) is 5.25. The largest absolute Gasteiger partial charge is 0.497 e. The summed E-state index contributed by atoms with van der Waals surface area (Å²) in [6, 6.07) is 16.2. The Labute approximate surface area is 175 Å². The average Bonchev–Trinajstić information content (AvgIpc) is 3.47. The van der Waals surface area contributed by atoms with Gasteiger partial charge < -0.3 is 15.4 Å². The van der Waals surface area contributed by atoms with E-state index in [1.807, 2.05) is 24.3 Å². The quantitative estimate of drug-likeness (QED) is 0.654. The number of methoxy groups -OCH3 is 1. The standard InChI is InChI=1S/C23H24N4O3/c1-30-20-12-10-19(11-13-20)27-15-14-21(26-27)23(29)25-18-8-6-16(7-9-18)22(28)24-17-4-2-3-5-17/h6-15,17H,2-5H2,1H3,(H,24,28)(H,25,29). The summed E-state index contributed by atoms with van der Waals surface area (Å²) in [5.41, 5.74) is 2.32. The minimum atomic E-state index is -0.314. The van der Waals surface area contributed by atoms with Crippen LogP contribution in [0.3, 0.4) is 0 Å². The maximum absolute atomic E-state index is 12.5. The maximum Gasteiger partial charge on any atom is 0.276 e. The van der Waals surface area contributed by atoms with E-state index in [0.29, 0.717) is 16.9 Å². The van der Waals surface area contributed by atoms with E-state index in [1.165, 1.54) is 12.8 Å². The number of rotatable bonds is 6. The van der Waals surface area contributed by atoms with Crippen molar-refractivity contribution in [2.75, 3.05) is 12.4 Å². The summed E-state index contributed by atoms with van der Waals surface area (Å²) in [5, 5.41) is 10.2. The minimum absolute atomic E-state index is 0.0713. The molecule has 1 heterocycles. The molecule has 0 aliphatic heterocycles. The van der Waals surface area contributed by atoms with Gasteiger partial charge in [0.1, 0.15) is 5.75 Å². The molecular formula is C23H24N4O3. The molecule has 2 N–H and O–H groups in total. The molecular weight excluding hydrogens is 380 g/mol. The number of carbonyl (C=O) groups excluding carboxylic acids is 2. The van der Waals surface area contributed by atoms with Gasteiger partial charge in [-0.3, -0.25) is 9.59 Å². The average molecular weight is 404 g/mol. The summed E-state index contributed by atoms with van der Waals surface area (Å²) in [6.07, 6.45) is 6.16. The normalized spacial score (nSPS) is 13.8. The van der Waals surface area contributed by atoms with E-state index < -0.39 is 0 Å². The number of hydrogen-bond acceptors (Lipinski definition) is 4. The molecule has 0 saturated heterocycles. The Kier molecular flexibility index (Phi) is 5.79. The monoisotopic (exact) mass is 404 g/mol. The maximum atomic E-state index is 12.5. The number of aromatic nitrogens is 2. The van der Waals surface area contributed by atoms with E-state index in [1.54, 1.807) is 48.3 Å². The highest BCUT2D eigenvalue weighted by Crippen LogP contribution is 2.19. The van der Waals surface area contributed by atoms with Crippen molar-refractivity contribution in [2.24, 2.45) is 0 Å². The first kappa shape index (κ1) is 19.7. The fraction of sp³-hybridized carbons (Fsp3) is 0.261. The number of benzene rings is 2. The Hall–Kier alpha value is -3.61. The van der Waals surface area contributed by atoms with E-state index in [0.717, 1.165) is 24.3 Å². The number of anilines is 1. The van der Waals surface area contributed by atoms with Crippen LogP contribution >= 0.6 is 0 Å². The molecule has 154 valence electrons. The molecule has 1 fully saturated rings. The second-order valence-electron chi connectivity index (χ2n) is 7.33. The SMILES string of the molecule is COc1ccc(-n2ccc(C(=O)Nc3ccc(C(=O)NC4CCCC4)cc3)n2)cc1. The van der Waals surface area contributed by atoms with Gasteiger partial charge in [0.15, 0.2) is 5.69 Å². The molecule has 0 spiro atoms. The van der Waals surface area contributed by atoms with Crippen molar-refractivity contribution in [1.29, 1.82) is 0 Å². The Bertz CT molecular complexity index is 1020. The minimum Gasteiger partial charge on any atom is -0.497 e. The highest BCUT2D eigenvalue weighted by Gasteiger charge is 2.18. The van der Waals surface area contributed by atoms with Crippen LogP contribution in [0.2, 0.25) is 0 Å². The lowest BCUT2D eigenvalue weighted by Gasteiger charge is -2.12. The van der Waals surface area contributed by atoms with Crippen LogP contribution in [0.5, 0.6) is 5.75 Å². The molecule has 0 unspecified atom stereocenters. The molecule has 7 heteroatoms. The predicted molar refractivity (Wildman–Crippen MR) is 114 cm³/mol. The van der Waals surface area contributed by atoms with Crippen LogP contribution < -0.4 is 15.4 Å². The summed E-state index contributed by atoms with van der Waals surface area (Å²) < 4.78 is 6.78. The van der Waals surface area contributed by atoms with E-state index in [2.05, 4.69) is 15.7 Å². The van der Waals surface area contributed by atoms with Crippen LogP contribution in [-0.2, 0) is 0 Å². The van der Waals surface area contributed by atoms with E-state index in [-0.39, 0.29) is 17.9 Å². The summed E-state index contributed by atoms with van der Waals surface area (Å²) in [6.45, 7) is 0. The van der Waals surface area contributed by atoms with Gasteiger partial charge in [0.25, 0.3) is 11.8 Å². The fourth-order valence-corrected chi connectivity index (χ4v) is 3.56. The summed E-state index contributed by atoms with van der Waals surface area (Å²) in [7, 11) is 1.61. The van der Waals surface area contributed by atoms with Crippen molar-refractivity contribution in [3.8, 4) is 11.4 Å². The first-order chi connectivity index (χ1) is 14.6.